The summed E-state index contributed by atoms with van der Waals surface area (Å²) in [5, 5.41) is 10.9. The Hall–Kier alpha value is -2.83. The number of carboxylic acid groups (broad SMARTS) is 1. The number of piperidine rings is 1. The Labute approximate surface area is 213 Å². The standard InChI is InChI=1S/C30H38N2O4/c1-20-16-28(35-2)26(25-11-13-31-29(20)25)19-32-14-12-23-18-27(32)24-10-9-22(30(33)34)17-21(24)8-6-4-3-5-7-15-36-23/h9-11,13,16-17,23,27,31H,3-8,12,14-15,18-19H2,1-2H3,(H,33,34)/t23-,27?/m0/s1. The van der Waals surface area contributed by atoms with Crippen LogP contribution in [0.25, 0.3) is 10.9 Å². The van der Waals surface area contributed by atoms with Gasteiger partial charge in [0.25, 0.3) is 0 Å². The third kappa shape index (κ3) is 5.16. The number of aryl methyl sites for hydroxylation is 2. The molecule has 1 saturated heterocycles. The number of benzene rings is 2. The monoisotopic (exact) mass is 490 g/mol. The fourth-order valence-corrected chi connectivity index (χ4v) is 6.11. The summed E-state index contributed by atoms with van der Waals surface area (Å²) in [6.07, 6.45) is 10.8. The molecule has 0 amide bonds. The third-order valence-electron chi connectivity index (χ3n) is 8.05. The van der Waals surface area contributed by atoms with Crippen LogP contribution in [0.1, 0.15) is 83.6 Å². The van der Waals surface area contributed by atoms with E-state index in [9.17, 15) is 9.90 Å². The Balaban J connectivity index is 1.54. The molecule has 6 heteroatoms. The topological polar surface area (TPSA) is 74.8 Å². The molecule has 2 aromatic carbocycles. The number of hydrogen-bond donors (Lipinski definition) is 2. The maximum Gasteiger partial charge on any atom is 0.335 e. The summed E-state index contributed by atoms with van der Waals surface area (Å²) < 4.78 is 12.2. The van der Waals surface area contributed by atoms with Crippen LogP contribution in [0, 0.1) is 6.92 Å². The number of fused-ring (bicyclic) bond motifs is 5. The number of H-pyrrole nitrogens is 1. The zero-order chi connectivity index (χ0) is 25.1. The minimum absolute atomic E-state index is 0.169. The molecule has 3 heterocycles. The number of methoxy groups -OCH3 is 1. The van der Waals surface area contributed by atoms with Crippen molar-refractivity contribution in [3.05, 3.63) is 64.3 Å². The Morgan fingerprint density at radius 1 is 1.17 bits per heavy atom. The van der Waals surface area contributed by atoms with E-state index < -0.39 is 5.97 Å². The molecule has 0 aliphatic carbocycles. The van der Waals surface area contributed by atoms with Crippen molar-refractivity contribution in [3.8, 4) is 5.75 Å². The van der Waals surface area contributed by atoms with E-state index in [2.05, 4.69) is 35.0 Å². The van der Waals surface area contributed by atoms with Crippen molar-refractivity contribution >= 4 is 16.9 Å². The van der Waals surface area contributed by atoms with E-state index >= 15 is 0 Å². The first kappa shape index (κ1) is 24.8. The van der Waals surface area contributed by atoms with Gasteiger partial charge in [-0.15, -0.1) is 0 Å². The second kappa shape index (κ2) is 11.1. The molecular formula is C30H38N2O4. The number of aromatic amines is 1. The van der Waals surface area contributed by atoms with Crippen LogP contribution in [0.2, 0.25) is 0 Å². The van der Waals surface area contributed by atoms with Gasteiger partial charge in [-0.05, 0) is 80.0 Å². The maximum absolute atomic E-state index is 11.8. The lowest BCUT2D eigenvalue weighted by atomic mass is 9.87. The Kier molecular flexibility index (Phi) is 7.63. The first-order valence-electron chi connectivity index (χ1n) is 13.4. The number of likely N-dealkylation sites (tertiary alicyclic amines) is 1. The summed E-state index contributed by atoms with van der Waals surface area (Å²) in [6.45, 7) is 4.64. The lowest BCUT2D eigenvalue weighted by Gasteiger charge is -2.41. The molecule has 2 bridgehead atoms. The van der Waals surface area contributed by atoms with Crippen LogP contribution in [0.15, 0.2) is 36.5 Å². The van der Waals surface area contributed by atoms with Crippen molar-refractivity contribution in [2.75, 3.05) is 20.3 Å². The second-order valence-electron chi connectivity index (χ2n) is 10.4. The number of rotatable bonds is 4. The highest BCUT2D eigenvalue weighted by atomic mass is 16.5. The number of carboxylic acids is 1. The summed E-state index contributed by atoms with van der Waals surface area (Å²) in [7, 11) is 1.75. The number of aromatic nitrogens is 1. The van der Waals surface area contributed by atoms with Crippen LogP contribution < -0.4 is 4.74 Å². The molecule has 0 spiro atoms. The molecular weight excluding hydrogens is 452 g/mol. The summed E-state index contributed by atoms with van der Waals surface area (Å²) in [6, 6.07) is 10.2. The molecule has 192 valence electrons. The SMILES string of the molecule is COc1cc(C)c2[nH]ccc2c1CN1CC[C@H]2CC1c1ccc(C(=O)O)cc1CCCCCCCO2. The van der Waals surface area contributed by atoms with E-state index in [1.807, 2.05) is 12.3 Å². The lowest BCUT2D eigenvalue weighted by Crippen LogP contribution is -2.40. The molecule has 0 saturated carbocycles. The number of hydrogen-bond acceptors (Lipinski definition) is 4. The molecule has 36 heavy (non-hydrogen) atoms. The fraction of sp³-hybridized carbons (Fsp3) is 0.500. The van der Waals surface area contributed by atoms with Crippen molar-refractivity contribution in [2.24, 2.45) is 0 Å². The van der Waals surface area contributed by atoms with Crippen molar-refractivity contribution in [1.82, 2.24) is 9.88 Å². The Morgan fingerprint density at radius 3 is 2.83 bits per heavy atom. The first-order chi connectivity index (χ1) is 17.5. The zero-order valence-electron chi connectivity index (χ0n) is 21.5. The molecule has 2 aliphatic heterocycles. The predicted molar refractivity (Wildman–Crippen MR) is 142 cm³/mol. The molecule has 6 nitrogen and oxygen atoms in total. The van der Waals surface area contributed by atoms with E-state index in [0.29, 0.717) is 5.56 Å². The molecule has 0 radical (unpaired) electrons. The highest BCUT2D eigenvalue weighted by molar-refractivity contribution is 5.88. The highest BCUT2D eigenvalue weighted by Crippen LogP contribution is 2.39. The molecule has 1 unspecified atom stereocenters. The summed E-state index contributed by atoms with van der Waals surface area (Å²) in [5.41, 5.74) is 6.34. The number of nitrogens with one attached hydrogen (secondary N) is 1. The lowest BCUT2D eigenvalue weighted by molar-refractivity contribution is -0.0202. The van der Waals surface area contributed by atoms with Gasteiger partial charge in [-0.3, -0.25) is 4.90 Å². The number of aromatic carboxylic acids is 1. The summed E-state index contributed by atoms with van der Waals surface area (Å²) >= 11 is 0. The summed E-state index contributed by atoms with van der Waals surface area (Å²) in [4.78, 5) is 17.7. The number of nitrogens with zero attached hydrogens (tertiary/aromatic N) is 1. The minimum atomic E-state index is -0.860. The zero-order valence-corrected chi connectivity index (χ0v) is 21.5. The molecule has 5 rings (SSSR count). The van der Waals surface area contributed by atoms with Crippen LogP contribution in [0.3, 0.4) is 0 Å². The van der Waals surface area contributed by atoms with E-state index in [4.69, 9.17) is 9.47 Å². The minimum Gasteiger partial charge on any atom is -0.496 e. The van der Waals surface area contributed by atoms with Crippen molar-refractivity contribution in [1.29, 1.82) is 0 Å². The predicted octanol–water partition coefficient (Wildman–Crippen LogP) is 6.41. The third-order valence-corrected chi connectivity index (χ3v) is 8.05. The quantitative estimate of drug-likeness (QED) is 0.442. The summed E-state index contributed by atoms with van der Waals surface area (Å²) in [5.74, 6) is 0.0609. The van der Waals surface area contributed by atoms with Gasteiger partial charge in [0, 0.05) is 48.4 Å². The molecule has 3 aromatic rings. The molecule has 1 fully saturated rings. The van der Waals surface area contributed by atoms with Crippen LogP contribution in [-0.2, 0) is 17.7 Å². The van der Waals surface area contributed by atoms with Gasteiger partial charge < -0.3 is 19.6 Å². The molecule has 2 aliphatic rings. The van der Waals surface area contributed by atoms with E-state index in [1.165, 1.54) is 46.9 Å². The van der Waals surface area contributed by atoms with Crippen LogP contribution in [-0.4, -0.2) is 47.3 Å². The van der Waals surface area contributed by atoms with Gasteiger partial charge in [-0.2, -0.15) is 0 Å². The Bertz CT molecular complexity index is 1220. The van der Waals surface area contributed by atoms with Crippen molar-refractivity contribution in [3.63, 3.8) is 0 Å². The highest BCUT2D eigenvalue weighted by Gasteiger charge is 2.33. The van der Waals surface area contributed by atoms with E-state index in [0.717, 1.165) is 63.1 Å². The maximum atomic E-state index is 11.8. The molecule has 2 atom stereocenters. The van der Waals surface area contributed by atoms with Gasteiger partial charge in [-0.25, -0.2) is 4.79 Å². The second-order valence-corrected chi connectivity index (χ2v) is 10.4. The van der Waals surface area contributed by atoms with Crippen molar-refractivity contribution in [2.45, 2.75) is 77.0 Å². The van der Waals surface area contributed by atoms with Gasteiger partial charge >= 0.3 is 5.97 Å². The normalized spacial score (nSPS) is 21.7. The van der Waals surface area contributed by atoms with Gasteiger partial charge in [0.1, 0.15) is 5.75 Å². The van der Waals surface area contributed by atoms with Crippen LogP contribution in [0.5, 0.6) is 5.75 Å². The average Bonchev–Trinajstić information content (AvgIpc) is 3.38. The van der Waals surface area contributed by atoms with E-state index in [-0.39, 0.29) is 12.1 Å². The number of ether oxygens (including phenoxy) is 2. The van der Waals surface area contributed by atoms with Gasteiger partial charge in [0.05, 0.1) is 18.8 Å². The van der Waals surface area contributed by atoms with Gasteiger partial charge in [-0.1, -0.05) is 25.3 Å². The number of carbonyl (C=O) groups is 1. The largest absolute Gasteiger partial charge is 0.496 e. The van der Waals surface area contributed by atoms with Crippen LogP contribution >= 0.6 is 0 Å². The van der Waals surface area contributed by atoms with E-state index in [1.54, 1.807) is 13.2 Å². The fourth-order valence-electron chi connectivity index (χ4n) is 6.11. The molecule has 2 N–H and O–H groups in total. The van der Waals surface area contributed by atoms with Gasteiger partial charge in [0.15, 0.2) is 0 Å². The van der Waals surface area contributed by atoms with Gasteiger partial charge in [0.2, 0.25) is 0 Å². The first-order valence-corrected chi connectivity index (χ1v) is 13.4. The average molecular weight is 491 g/mol. The Morgan fingerprint density at radius 2 is 2.00 bits per heavy atom. The molecule has 1 aromatic heterocycles. The smallest absolute Gasteiger partial charge is 0.335 e. The van der Waals surface area contributed by atoms with Crippen molar-refractivity contribution < 1.29 is 19.4 Å². The van der Waals surface area contributed by atoms with Crippen LogP contribution in [0.4, 0.5) is 0 Å².